The molecule has 90 valence electrons. The molecule has 2 aromatic carbocycles. The smallest absolute Gasteiger partial charge is 0.219 e. The summed E-state index contributed by atoms with van der Waals surface area (Å²) in [6.45, 7) is 0. The Morgan fingerprint density at radius 2 is 1.83 bits per heavy atom. The second-order valence-corrected chi connectivity index (χ2v) is 4.22. The lowest BCUT2D eigenvalue weighted by atomic mass is 10.0. The normalized spacial score (nSPS) is 11.0. The van der Waals surface area contributed by atoms with Crippen LogP contribution in [0.3, 0.4) is 0 Å². The van der Waals surface area contributed by atoms with Crippen LogP contribution < -0.4 is 0 Å². The zero-order chi connectivity index (χ0) is 12.7. The van der Waals surface area contributed by atoms with Crippen molar-refractivity contribution in [3.63, 3.8) is 0 Å². The second kappa shape index (κ2) is 3.84. The summed E-state index contributed by atoms with van der Waals surface area (Å²) < 4.78 is 15.0. The lowest BCUT2D eigenvalue weighted by Gasteiger charge is -2.03. The van der Waals surface area contributed by atoms with Crippen molar-refractivity contribution < 1.29 is 9.50 Å². The highest BCUT2D eigenvalue weighted by atomic mass is 19.1. The van der Waals surface area contributed by atoms with Gasteiger partial charge >= 0.3 is 0 Å². The number of rotatable bonds is 1. The first-order valence-electron chi connectivity index (χ1n) is 5.56. The molecule has 0 aliphatic heterocycles. The van der Waals surface area contributed by atoms with Crippen LogP contribution in [-0.2, 0) is 7.05 Å². The fraction of sp³-hybridized carbons (Fsp3) is 0.0714. The molecule has 0 saturated heterocycles. The lowest BCUT2D eigenvalue weighted by molar-refractivity contribution is 0.476. The van der Waals surface area contributed by atoms with Gasteiger partial charge in [-0.15, -0.1) is 0 Å². The zero-order valence-electron chi connectivity index (χ0n) is 9.76. The standard InChI is InChI=1S/C14H11FN2O/c1-17-14(15)13(8-16-17)11-3-2-10-7-12(18)5-4-9(10)6-11/h2-8,18H,1H3. The molecule has 0 atom stereocenters. The van der Waals surface area contributed by atoms with Crippen molar-refractivity contribution in [1.82, 2.24) is 9.78 Å². The van der Waals surface area contributed by atoms with Crippen LogP contribution in [0.25, 0.3) is 21.9 Å². The Labute approximate surface area is 103 Å². The number of aromatic hydroxyl groups is 1. The maximum absolute atomic E-state index is 13.8. The van der Waals surface area contributed by atoms with Crippen LogP contribution in [-0.4, -0.2) is 14.9 Å². The van der Waals surface area contributed by atoms with Crippen LogP contribution in [0.2, 0.25) is 0 Å². The summed E-state index contributed by atoms with van der Waals surface area (Å²) in [5.41, 5.74) is 1.26. The summed E-state index contributed by atoms with van der Waals surface area (Å²) in [4.78, 5) is 0. The summed E-state index contributed by atoms with van der Waals surface area (Å²) in [6, 6.07) is 10.7. The van der Waals surface area contributed by atoms with Gasteiger partial charge in [-0.2, -0.15) is 9.49 Å². The predicted octanol–water partition coefficient (Wildman–Crippen LogP) is 3.09. The van der Waals surface area contributed by atoms with Crippen molar-refractivity contribution in [2.45, 2.75) is 0 Å². The van der Waals surface area contributed by atoms with Gasteiger partial charge in [-0.1, -0.05) is 18.2 Å². The van der Waals surface area contributed by atoms with Crippen molar-refractivity contribution in [2.24, 2.45) is 7.05 Å². The third kappa shape index (κ3) is 1.62. The van der Waals surface area contributed by atoms with Gasteiger partial charge < -0.3 is 5.11 Å². The van der Waals surface area contributed by atoms with E-state index in [1.54, 1.807) is 19.2 Å². The molecule has 3 rings (SSSR count). The van der Waals surface area contributed by atoms with E-state index in [2.05, 4.69) is 5.10 Å². The monoisotopic (exact) mass is 242 g/mol. The Bertz CT molecular complexity index is 734. The minimum atomic E-state index is -0.354. The Morgan fingerprint density at radius 3 is 2.56 bits per heavy atom. The number of hydrogen-bond acceptors (Lipinski definition) is 2. The van der Waals surface area contributed by atoms with Gasteiger partial charge in [-0.3, -0.25) is 0 Å². The Morgan fingerprint density at radius 1 is 1.11 bits per heavy atom. The van der Waals surface area contributed by atoms with Crippen molar-refractivity contribution in [1.29, 1.82) is 0 Å². The minimum Gasteiger partial charge on any atom is -0.508 e. The first-order valence-corrected chi connectivity index (χ1v) is 5.56. The number of hydrogen-bond donors (Lipinski definition) is 1. The van der Waals surface area contributed by atoms with Crippen LogP contribution in [0.4, 0.5) is 4.39 Å². The van der Waals surface area contributed by atoms with E-state index in [-0.39, 0.29) is 11.7 Å². The maximum atomic E-state index is 13.8. The molecule has 4 heteroatoms. The van der Waals surface area contributed by atoms with Gasteiger partial charge in [0.05, 0.1) is 11.8 Å². The van der Waals surface area contributed by atoms with Crippen molar-refractivity contribution in [3.05, 3.63) is 48.5 Å². The third-order valence-corrected chi connectivity index (χ3v) is 3.00. The highest BCUT2D eigenvalue weighted by molar-refractivity contribution is 5.88. The summed E-state index contributed by atoms with van der Waals surface area (Å²) in [5.74, 6) is -0.129. The number of aryl methyl sites for hydroxylation is 1. The molecule has 0 bridgehead atoms. The maximum Gasteiger partial charge on any atom is 0.219 e. The number of nitrogens with zero attached hydrogens (tertiary/aromatic N) is 2. The molecule has 1 N–H and O–H groups in total. The molecule has 0 amide bonds. The summed E-state index contributed by atoms with van der Waals surface area (Å²) in [6.07, 6.45) is 1.51. The molecule has 0 spiro atoms. The highest BCUT2D eigenvalue weighted by Crippen LogP contribution is 2.27. The first-order chi connectivity index (χ1) is 8.65. The fourth-order valence-electron chi connectivity index (χ4n) is 2.02. The molecule has 0 aliphatic carbocycles. The highest BCUT2D eigenvalue weighted by Gasteiger charge is 2.10. The molecular weight excluding hydrogens is 231 g/mol. The molecule has 1 aromatic heterocycles. The van der Waals surface area contributed by atoms with Gasteiger partial charge in [0.2, 0.25) is 5.95 Å². The Hall–Kier alpha value is -2.36. The van der Waals surface area contributed by atoms with E-state index >= 15 is 0 Å². The van der Waals surface area contributed by atoms with E-state index in [0.717, 1.165) is 16.3 Å². The molecule has 0 unspecified atom stereocenters. The molecule has 18 heavy (non-hydrogen) atoms. The third-order valence-electron chi connectivity index (χ3n) is 3.00. The average Bonchev–Trinajstić information content (AvgIpc) is 2.69. The van der Waals surface area contributed by atoms with Gasteiger partial charge in [0.1, 0.15) is 5.75 Å². The number of halogens is 1. The summed E-state index contributed by atoms with van der Waals surface area (Å²) >= 11 is 0. The van der Waals surface area contributed by atoms with Crippen LogP contribution in [0.15, 0.2) is 42.6 Å². The number of benzene rings is 2. The minimum absolute atomic E-state index is 0.225. The molecule has 3 aromatic rings. The number of fused-ring (bicyclic) bond motifs is 1. The summed E-state index contributed by atoms with van der Waals surface area (Å²) in [7, 11) is 1.57. The lowest BCUT2D eigenvalue weighted by Crippen LogP contribution is -1.93. The molecule has 0 aliphatic rings. The molecule has 0 saturated carbocycles. The fourth-order valence-corrected chi connectivity index (χ4v) is 2.02. The number of phenols is 1. The van der Waals surface area contributed by atoms with Gasteiger partial charge in [-0.05, 0) is 34.5 Å². The Balaban J connectivity index is 2.19. The Kier molecular flexibility index (Phi) is 2.30. The molecule has 0 radical (unpaired) electrons. The first kappa shape index (κ1) is 10.8. The molecular formula is C14H11FN2O. The zero-order valence-corrected chi connectivity index (χ0v) is 9.76. The van der Waals surface area contributed by atoms with Gasteiger partial charge in [0.25, 0.3) is 0 Å². The average molecular weight is 242 g/mol. The largest absolute Gasteiger partial charge is 0.508 e. The van der Waals surface area contributed by atoms with Gasteiger partial charge in [0.15, 0.2) is 0 Å². The van der Waals surface area contributed by atoms with E-state index in [9.17, 15) is 9.50 Å². The van der Waals surface area contributed by atoms with E-state index in [1.807, 2.05) is 24.3 Å². The second-order valence-electron chi connectivity index (χ2n) is 4.22. The van der Waals surface area contributed by atoms with E-state index in [4.69, 9.17) is 0 Å². The van der Waals surface area contributed by atoms with Crippen LogP contribution in [0.1, 0.15) is 0 Å². The van der Waals surface area contributed by atoms with Crippen molar-refractivity contribution in [3.8, 4) is 16.9 Å². The van der Waals surface area contributed by atoms with Gasteiger partial charge in [0, 0.05) is 7.05 Å². The van der Waals surface area contributed by atoms with Crippen molar-refractivity contribution >= 4 is 10.8 Å². The summed E-state index contributed by atoms with van der Waals surface area (Å²) in [5, 5.41) is 15.2. The molecule has 3 nitrogen and oxygen atoms in total. The van der Waals surface area contributed by atoms with Crippen LogP contribution in [0.5, 0.6) is 5.75 Å². The molecule has 1 heterocycles. The van der Waals surface area contributed by atoms with Crippen LogP contribution >= 0.6 is 0 Å². The van der Waals surface area contributed by atoms with Crippen molar-refractivity contribution in [2.75, 3.05) is 0 Å². The number of aromatic nitrogens is 2. The molecule has 0 fully saturated rings. The predicted molar refractivity (Wildman–Crippen MR) is 67.8 cm³/mol. The van der Waals surface area contributed by atoms with Crippen LogP contribution in [0, 0.1) is 5.95 Å². The quantitative estimate of drug-likeness (QED) is 0.712. The van der Waals surface area contributed by atoms with E-state index in [0.29, 0.717) is 5.56 Å². The van der Waals surface area contributed by atoms with Gasteiger partial charge in [-0.25, -0.2) is 4.68 Å². The topological polar surface area (TPSA) is 38.0 Å². The SMILES string of the molecule is Cn1ncc(-c2ccc3cc(O)ccc3c2)c1F. The van der Waals surface area contributed by atoms with E-state index in [1.165, 1.54) is 10.9 Å². The number of phenolic OH excluding ortho intramolecular Hbond substituents is 1. The van der Waals surface area contributed by atoms with E-state index < -0.39 is 0 Å².